The Kier molecular flexibility index (Phi) is 4.42. The van der Waals surface area contributed by atoms with E-state index in [1.54, 1.807) is 6.26 Å². The molecule has 1 heterocycles. The zero-order valence-corrected chi connectivity index (χ0v) is 11.2. The highest BCUT2D eigenvalue weighted by Crippen LogP contribution is 2.13. The predicted octanol–water partition coefficient (Wildman–Crippen LogP) is 3.02. The highest BCUT2D eigenvalue weighted by atomic mass is 35.5. The summed E-state index contributed by atoms with van der Waals surface area (Å²) in [6.07, 6.45) is 1.71. The second kappa shape index (κ2) is 6.05. The molecule has 2 rings (SSSR count). The van der Waals surface area contributed by atoms with Gasteiger partial charge in [-0.05, 0) is 30.8 Å². The quantitative estimate of drug-likeness (QED) is 0.903. The first-order valence-electron chi connectivity index (χ1n) is 5.86. The lowest BCUT2D eigenvalue weighted by molar-refractivity contribution is 0.288. The van der Waals surface area contributed by atoms with Crippen LogP contribution in [-0.2, 0) is 19.6 Å². The molecule has 0 bridgehead atoms. The SMILES string of the molecule is CN(Cc1ccc(Cl)cc1)Cc1cc(CN)co1. The summed E-state index contributed by atoms with van der Waals surface area (Å²) in [6, 6.07) is 9.88. The molecule has 0 aliphatic carbocycles. The Morgan fingerprint density at radius 1 is 1.17 bits per heavy atom. The van der Waals surface area contributed by atoms with Gasteiger partial charge in [0.15, 0.2) is 0 Å². The molecule has 0 atom stereocenters. The Bertz CT molecular complexity index is 493. The van der Waals surface area contributed by atoms with Crippen LogP contribution in [0, 0.1) is 0 Å². The van der Waals surface area contributed by atoms with E-state index in [9.17, 15) is 0 Å². The third-order valence-electron chi connectivity index (χ3n) is 2.74. The van der Waals surface area contributed by atoms with E-state index < -0.39 is 0 Å². The molecule has 0 unspecified atom stereocenters. The van der Waals surface area contributed by atoms with Crippen LogP contribution in [0.1, 0.15) is 16.9 Å². The van der Waals surface area contributed by atoms with Gasteiger partial charge in [0, 0.05) is 23.7 Å². The monoisotopic (exact) mass is 264 g/mol. The van der Waals surface area contributed by atoms with Crippen molar-refractivity contribution >= 4 is 11.6 Å². The van der Waals surface area contributed by atoms with Crippen molar-refractivity contribution in [1.29, 1.82) is 0 Å². The van der Waals surface area contributed by atoms with Gasteiger partial charge in [-0.25, -0.2) is 0 Å². The number of benzene rings is 1. The molecular weight excluding hydrogens is 248 g/mol. The molecule has 4 heteroatoms. The average molecular weight is 265 g/mol. The number of nitrogens with two attached hydrogens (primary N) is 1. The van der Waals surface area contributed by atoms with Crippen molar-refractivity contribution in [2.24, 2.45) is 5.73 Å². The van der Waals surface area contributed by atoms with E-state index in [0.29, 0.717) is 6.54 Å². The van der Waals surface area contributed by atoms with Crippen LogP contribution in [0.4, 0.5) is 0 Å². The minimum atomic E-state index is 0.518. The fourth-order valence-electron chi connectivity index (χ4n) is 1.84. The van der Waals surface area contributed by atoms with E-state index in [0.717, 1.165) is 29.4 Å². The molecule has 0 spiro atoms. The summed E-state index contributed by atoms with van der Waals surface area (Å²) in [5.41, 5.74) is 7.81. The van der Waals surface area contributed by atoms with Gasteiger partial charge >= 0.3 is 0 Å². The number of hydrogen-bond donors (Lipinski definition) is 1. The van der Waals surface area contributed by atoms with E-state index in [1.165, 1.54) is 5.56 Å². The van der Waals surface area contributed by atoms with Crippen LogP contribution < -0.4 is 5.73 Å². The minimum absolute atomic E-state index is 0.518. The van der Waals surface area contributed by atoms with Crippen molar-refractivity contribution in [2.45, 2.75) is 19.6 Å². The van der Waals surface area contributed by atoms with E-state index in [-0.39, 0.29) is 0 Å². The van der Waals surface area contributed by atoms with Gasteiger partial charge in [-0.2, -0.15) is 0 Å². The van der Waals surface area contributed by atoms with Gasteiger partial charge in [-0.3, -0.25) is 4.90 Å². The van der Waals surface area contributed by atoms with Gasteiger partial charge in [-0.1, -0.05) is 23.7 Å². The van der Waals surface area contributed by atoms with Crippen LogP contribution in [-0.4, -0.2) is 11.9 Å². The number of halogens is 1. The third kappa shape index (κ3) is 3.60. The van der Waals surface area contributed by atoms with E-state index >= 15 is 0 Å². The lowest BCUT2D eigenvalue weighted by Gasteiger charge is -2.15. The number of furan rings is 1. The predicted molar refractivity (Wildman–Crippen MR) is 73.2 cm³/mol. The van der Waals surface area contributed by atoms with Crippen LogP contribution in [0.2, 0.25) is 5.02 Å². The molecule has 0 aliphatic rings. The van der Waals surface area contributed by atoms with Crippen LogP contribution >= 0.6 is 11.6 Å². The molecule has 96 valence electrons. The van der Waals surface area contributed by atoms with Crippen LogP contribution in [0.15, 0.2) is 41.0 Å². The Morgan fingerprint density at radius 3 is 2.50 bits per heavy atom. The van der Waals surface area contributed by atoms with E-state index in [1.807, 2.05) is 30.3 Å². The normalized spacial score (nSPS) is 11.1. The minimum Gasteiger partial charge on any atom is -0.468 e. The molecule has 0 saturated carbocycles. The third-order valence-corrected chi connectivity index (χ3v) is 2.99. The van der Waals surface area contributed by atoms with Gasteiger partial charge in [0.2, 0.25) is 0 Å². The van der Waals surface area contributed by atoms with Gasteiger partial charge in [0.1, 0.15) is 5.76 Å². The summed E-state index contributed by atoms with van der Waals surface area (Å²) >= 11 is 5.86. The van der Waals surface area contributed by atoms with Gasteiger partial charge < -0.3 is 10.2 Å². The smallest absolute Gasteiger partial charge is 0.118 e. The van der Waals surface area contributed by atoms with Crippen molar-refractivity contribution in [3.63, 3.8) is 0 Å². The molecule has 18 heavy (non-hydrogen) atoms. The van der Waals surface area contributed by atoms with Gasteiger partial charge in [0.05, 0.1) is 12.8 Å². The van der Waals surface area contributed by atoms with Crippen molar-refractivity contribution < 1.29 is 4.42 Å². The Labute approximate surface area is 112 Å². The molecule has 1 aromatic carbocycles. The lowest BCUT2D eigenvalue weighted by atomic mass is 10.2. The maximum absolute atomic E-state index is 5.86. The molecule has 0 aliphatic heterocycles. The van der Waals surface area contributed by atoms with Crippen molar-refractivity contribution in [3.8, 4) is 0 Å². The standard InChI is InChI=1S/C14H17ClN2O/c1-17(8-11-2-4-13(15)5-3-11)9-14-6-12(7-16)10-18-14/h2-6,10H,7-9,16H2,1H3. The highest BCUT2D eigenvalue weighted by Gasteiger charge is 2.05. The summed E-state index contributed by atoms with van der Waals surface area (Å²) in [6.45, 7) is 2.14. The second-order valence-electron chi connectivity index (χ2n) is 4.42. The largest absolute Gasteiger partial charge is 0.468 e. The summed E-state index contributed by atoms with van der Waals surface area (Å²) in [5, 5.41) is 0.764. The maximum Gasteiger partial charge on any atom is 0.118 e. The number of rotatable bonds is 5. The summed E-state index contributed by atoms with van der Waals surface area (Å²) in [5.74, 6) is 0.937. The first kappa shape index (κ1) is 13.1. The summed E-state index contributed by atoms with van der Waals surface area (Å²) < 4.78 is 5.44. The van der Waals surface area contributed by atoms with Crippen molar-refractivity contribution in [2.75, 3.05) is 7.05 Å². The van der Waals surface area contributed by atoms with E-state index in [2.05, 4.69) is 11.9 Å². The Morgan fingerprint density at radius 2 is 1.89 bits per heavy atom. The summed E-state index contributed by atoms with van der Waals surface area (Å²) in [7, 11) is 2.05. The highest BCUT2D eigenvalue weighted by molar-refractivity contribution is 6.30. The molecule has 2 aromatic rings. The average Bonchev–Trinajstić information content (AvgIpc) is 2.79. The topological polar surface area (TPSA) is 42.4 Å². The fraction of sp³-hybridized carbons (Fsp3) is 0.286. The zero-order valence-electron chi connectivity index (χ0n) is 10.4. The van der Waals surface area contributed by atoms with Crippen molar-refractivity contribution in [3.05, 3.63) is 58.5 Å². The molecule has 0 fully saturated rings. The van der Waals surface area contributed by atoms with Gasteiger partial charge in [-0.15, -0.1) is 0 Å². The van der Waals surface area contributed by atoms with E-state index in [4.69, 9.17) is 21.8 Å². The molecule has 0 amide bonds. The van der Waals surface area contributed by atoms with Crippen LogP contribution in [0.5, 0.6) is 0 Å². The molecular formula is C14H17ClN2O. The van der Waals surface area contributed by atoms with Crippen LogP contribution in [0.3, 0.4) is 0 Å². The molecule has 2 N–H and O–H groups in total. The molecule has 1 aromatic heterocycles. The molecule has 0 saturated heterocycles. The fourth-order valence-corrected chi connectivity index (χ4v) is 1.97. The van der Waals surface area contributed by atoms with Gasteiger partial charge in [0.25, 0.3) is 0 Å². The lowest BCUT2D eigenvalue weighted by Crippen LogP contribution is -2.16. The molecule has 0 radical (unpaired) electrons. The van der Waals surface area contributed by atoms with Crippen LogP contribution in [0.25, 0.3) is 0 Å². The first-order chi connectivity index (χ1) is 8.67. The maximum atomic E-state index is 5.86. The number of hydrogen-bond acceptors (Lipinski definition) is 3. The zero-order chi connectivity index (χ0) is 13.0. The molecule has 3 nitrogen and oxygen atoms in total. The number of nitrogens with zero attached hydrogens (tertiary/aromatic N) is 1. The van der Waals surface area contributed by atoms with Crippen molar-refractivity contribution in [1.82, 2.24) is 4.90 Å². The Hall–Kier alpha value is -1.29. The second-order valence-corrected chi connectivity index (χ2v) is 4.86. The first-order valence-corrected chi connectivity index (χ1v) is 6.24. The Balaban J connectivity index is 1.91. The summed E-state index contributed by atoms with van der Waals surface area (Å²) in [4.78, 5) is 2.18.